The Bertz CT molecular complexity index is 1030. The lowest BCUT2D eigenvalue weighted by atomic mass is 10.0. The summed E-state index contributed by atoms with van der Waals surface area (Å²) in [5, 5.41) is 0. The fourth-order valence-corrected chi connectivity index (χ4v) is 7.40. The van der Waals surface area contributed by atoms with Gasteiger partial charge in [0.1, 0.15) is 18.9 Å². The Morgan fingerprint density at radius 3 is 1.98 bits per heavy atom. The van der Waals surface area contributed by atoms with Crippen molar-refractivity contribution in [2.75, 3.05) is 6.61 Å². The van der Waals surface area contributed by atoms with Gasteiger partial charge in [0.2, 0.25) is 0 Å². The normalized spacial score (nSPS) is 22.3. The SMILES string of the molecule is CCCCCCCCCCCCCCCCO[C@H]1C(OP([O-])(=S)OC(C)C)[C@@H](CC(C)C)O[C@H]1n1ccc(=O)[nH]c1=O. The first-order valence-corrected chi connectivity index (χ1v) is 18.9. The summed E-state index contributed by atoms with van der Waals surface area (Å²) in [4.78, 5) is 39.7. The van der Waals surface area contributed by atoms with Gasteiger partial charge in [0.05, 0.1) is 12.2 Å². The number of H-pyrrole nitrogens is 1. The molecule has 5 atom stereocenters. The number of aromatic nitrogens is 2. The standard InChI is InChI=1S/C31H57N2O7PS/c1-6-7-8-9-10-11-12-13-14-15-16-17-18-19-22-37-29-28(40-41(36,42)39-25(4)5)26(23-24(2)3)38-30(29)33-21-20-27(34)32-31(33)35/h20-21,24-26,28-30H,6-19,22-23H2,1-5H3,(H,36,42)(H,32,34,35)/p-1/t26-,28?,29+,30-,41?/m1/s1. The first kappa shape index (κ1) is 37.3. The van der Waals surface area contributed by atoms with E-state index in [1.807, 2.05) is 13.8 Å². The molecular formula is C31H56N2O7PS-. The van der Waals surface area contributed by atoms with E-state index in [4.69, 9.17) is 30.3 Å². The maximum Gasteiger partial charge on any atom is 0.330 e. The first-order valence-electron chi connectivity index (χ1n) is 16.3. The zero-order valence-corrected chi connectivity index (χ0v) is 28.3. The monoisotopic (exact) mass is 631 g/mol. The number of hydrogen-bond donors (Lipinski definition) is 1. The Hall–Kier alpha value is -0.870. The van der Waals surface area contributed by atoms with E-state index in [1.54, 1.807) is 13.8 Å². The van der Waals surface area contributed by atoms with Crippen LogP contribution in [0.15, 0.2) is 21.9 Å². The largest absolute Gasteiger partial charge is 0.780 e. The average Bonchev–Trinajstić information content (AvgIpc) is 3.20. The summed E-state index contributed by atoms with van der Waals surface area (Å²) in [6, 6.07) is 1.26. The van der Waals surface area contributed by atoms with Crippen LogP contribution >= 0.6 is 6.72 Å². The van der Waals surface area contributed by atoms with Gasteiger partial charge in [-0.2, -0.15) is 0 Å². The summed E-state index contributed by atoms with van der Waals surface area (Å²) in [6.45, 7) is 6.41. The molecule has 244 valence electrons. The van der Waals surface area contributed by atoms with E-state index in [9.17, 15) is 14.5 Å². The molecule has 0 aromatic carbocycles. The number of rotatable bonds is 23. The molecule has 11 heteroatoms. The minimum atomic E-state index is -3.85. The van der Waals surface area contributed by atoms with E-state index in [1.165, 1.54) is 87.5 Å². The van der Waals surface area contributed by atoms with Crippen molar-refractivity contribution < 1.29 is 23.4 Å². The van der Waals surface area contributed by atoms with Crippen LogP contribution in [0.25, 0.3) is 0 Å². The van der Waals surface area contributed by atoms with Crippen LogP contribution in [-0.2, 0) is 30.3 Å². The van der Waals surface area contributed by atoms with Crippen molar-refractivity contribution in [3.8, 4) is 0 Å². The average molecular weight is 632 g/mol. The molecule has 1 fully saturated rings. The molecule has 0 aliphatic carbocycles. The van der Waals surface area contributed by atoms with Crippen molar-refractivity contribution in [3.05, 3.63) is 33.1 Å². The van der Waals surface area contributed by atoms with E-state index < -0.39 is 42.5 Å². The lowest BCUT2D eigenvalue weighted by Crippen LogP contribution is -2.41. The summed E-state index contributed by atoms with van der Waals surface area (Å²) in [5.41, 5.74) is -1.11. The zero-order chi connectivity index (χ0) is 31.0. The Morgan fingerprint density at radius 1 is 0.929 bits per heavy atom. The number of aromatic amines is 1. The first-order chi connectivity index (χ1) is 20.0. The Morgan fingerprint density at radius 2 is 1.48 bits per heavy atom. The molecule has 2 rings (SSSR count). The van der Waals surface area contributed by atoms with Crippen LogP contribution in [0.4, 0.5) is 0 Å². The van der Waals surface area contributed by atoms with Gasteiger partial charge in [-0.15, -0.1) is 0 Å². The maximum atomic E-state index is 13.1. The summed E-state index contributed by atoms with van der Waals surface area (Å²) in [7, 11) is 0. The van der Waals surface area contributed by atoms with Gasteiger partial charge in [-0.3, -0.25) is 14.3 Å². The summed E-state index contributed by atoms with van der Waals surface area (Å²) in [5.74, 6) is 0.231. The van der Waals surface area contributed by atoms with Crippen LogP contribution < -0.4 is 16.1 Å². The fraction of sp³-hybridized carbons (Fsp3) is 0.871. The summed E-state index contributed by atoms with van der Waals surface area (Å²) >= 11 is 5.21. The summed E-state index contributed by atoms with van der Waals surface area (Å²) < 4.78 is 25.3. The summed E-state index contributed by atoms with van der Waals surface area (Å²) in [6.07, 6.45) is 16.3. The van der Waals surface area contributed by atoms with Crippen LogP contribution in [0, 0.1) is 5.92 Å². The number of ether oxygens (including phenoxy) is 2. The van der Waals surface area contributed by atoms with E-state index in [-0.39, 0.29) is 12.0 Å². The molecule has 1 aromatic rings. The molecule has 2 heterocycles. The van der Waals surface area contributed by atoms with Crippen molar-refractivity contribution >= 4 is 18.5 Å². The molecule has 1 aromatic heterocycles. The van der Waals surface area contributed by atoms with Gasteiger partial charge in [0.15, 0.2) is 6.23 Å². The highest BCUT2D eigenvalue weighted by atomic mass is 32.5. The molecule has 9 nitrogen and oxygen atoms in total. The minimum Gasteiger partial charge on any atom is -0.780 e. The molecule has 0 spiro atoms. The molecule has 0 amide bonds. The van der Waals surface area contributed by atoms with Gasteiger partial charge in [-0.05, 0) is 32.6 Å². The lowest BCUT2D eigenvalue weighted by Gasteiger charge is -2.35. The highest BCUT2D eigenvalue weighted by molar-refractivity contribution is 8.06. The molecule has 42 heavy (non-hydrogen) atoms. The number of unbranched alkanes of at least 4 members (excludes halogenated alkanes) is 13. The van der Waals surface area contributed by atoms with Crippen molar-refractivity contribution in [1.82, 2.24) is 9.55 Å². The number of nitrogens with one attached hydrogen (secondary N) is 1. The van der Waals surface area contributed by atoms with Gasteiger partial charge >= 0.3 is 5.69 Å². The van der Waals surface area contributed by atoms with Crippen molar-refractivity contribution in [1.29, 1.82) is 0 Å². The third kappa shape index (κ3) is 14.3. The zero-order valence-electron chi connectivity index (χ0n) is 26.6. The molecule has 1 aliphatic heterocycles. The molecule has 0 bridgehead atoms. The van der Waals surface area contributed by atoms with Gasteiger partial charge in [-0.1, -0.05) is 116 Å². The maximum absolute atomic E-state index is 13.1. The predicted octanol–water partition coefficient (Wildman–Crippen LogP) is 6.74. The number of hydrogen-bond acceptors (Lipinski definition) is 8. The molecule has 0 saturated carbocycles. The second-order valence-corrected chi connectivity index (χ2v) is 15.0. The van der Waals surface area contributed by atoms with Gasteiger partial charge in [-0.25, -0.2) is 4.79 Å². The lowest BCUT2D eigenvalue weighted by molar-refractivity contribution is -0.218. The third-order valence-corrected chi connectivity index (χ3v) is 9.21. The van der Waals surface area contributed by atoms with E-state index in [2.05, 4.69) is 11.9 Å². The van der Waals surface area contributed by atoms with Crippen molar-refractivity contribution in [2.24, 2.45) is 5.92 Å². The molecule has 0 radical (unpaired) electrons. The Labute approximate surface area is 258 Å². The van der Waals surface area contributed by atoms with Crippen LogP contribution in [0.5, 0.6) is 0 Å². The molecule has 1 aliphatic rings. The van der Waals surface area contributed by atoms with Gasteiger partial charge < -0.3 is 23.4 Å². The van der Waals surface area contributed by atoms with E-state index in [0.717, 1.165) is 19.3 Å². The predicted molar refractivity (Wildman–Crippen MR) is 170 cm³/mol. The topological polar surface area (TPSA) is 115 Å². The highest BCUT2D eigenvalue weighted by Crippen LogP contribution is 2.47. The quantitative estimate of drug-likeness (QED) is 0.104. The Kier molecular flexibility index (Phi) is 18.0. The van der Waals surface area contributed by atoms with Gasteiger partial charge in [0.25, 0.3) is 5.56 Å². The molecular weight excluding hydrogens is 575 g/mol. The van der Waals surface area contributed by atoms with Gasteiger partial charge in [0, 0.05) is 18.9 Å². The van der Waals surface area contributed by atoms with Crippen LogP contribution in [0.1, 0.15) is 137 Å². The smallest absolute Gasteiger partial charge is 0.330 e. The molecule has 1 saturated heterocycles. The number of nitrogens with zero attached hydrogens (tertiary/aromatic N) is 1. The molecule has 1 N–H and O–H groups in total. The second-order valence-electron chi connectivity index (χ2n) is 12.3. The molecule has 2 unspecified atom stereocenters. The highest BCUT2D eigenvalue weighted by Gasteiger charge is 2.48. The Balaban J connectivity index is 1.91. The minimum absolute atomic E-state index is 0.231. The van der Waals surface area contributed by atoms with Crippen molar-refractivity contribution in [3.63, 3.8) is 0 Å². The van der Waals surface area contributed by atoms with Crippen LogP contribution in [-0.4, -0.2) is 40.6 Å². The van der Waals surface area contributed by atoms with Crippen molar-refractivity contribution in [2.45, 2.75) is 162 Å². The fourth-order valence-electron chi connectivity index (χ4n) is 5.47. The van der Waals surface area contributed by atoms with E-state index in [0.29, 0.717) is 13.0 Å². The third-order valence-electron chi connectivity index (χ3n) is 7.51. The van der Waals surface area contributed by atoms with E-state index >= 15 is 0 Å². The van der Waals surface area contributed by atoms with Crippen LogP contribution in [0.3, 0.4) is 0 Å². The second kappa shape index (κ2) is 20.2. The van der Waals surface area contributed by atoms with Crippen LogP contribution in [0.2, 0.25) is 0 Å².